The van der Waals surface area contributed by atoms with E-state index in [0.29, 0.717) is 4.75 Å². The van der Waals surface area contributed by atoms with Crippen molar-refractivity contribution in [3.8, 4) is 0 Å². The Bertz CT molecular complexity index is 508. The topological polar surface area (TPSA) is 30.9 Å². The van der Waals surface area contributed by atoms with E-state index in [4.69, 9.17) is 0 Å². The molecule has 0 aliphatic carbocycles. The third-order valence-corrected chi connectivity index (χ3v) is 5.14. The lowest BCUT2D eigenvalue weighted by Crippen LogP contribution is -2.50. The smallest absolute Gasteiger partial charge is 0.193 e. The van der Waals surface area contributed by atoms with Gasteiger partial charge >= 0.3 is 0 Å². The average Bonchev–Trinajstić information content (AvgIpc) is 2.47. The molecular weight excluding hydrogens is 292 g/mol. The SMILES string of the molecule is CN=C(NCc1ccc(N(C)C)cc1)N1CCSC(C)(C)C1. The summed E-state index contributed by atoms with van der Waals surface area (Å²) in [6, 6.07) is 8.65. The van der Waals surface area contributed by atoms with Crippen LogP contribution in [0.5, 0.6) is 0 Å². The molecule has 1 aromatic carbocycles. The minimum Gasteiger partial charge on any atom is -0.378 e. The Morgan fingerprint density at radius 2 is 2.00 bits per heavy atom. The largest absolute Gasteiger partial charge is 0.378 e. The molecule has 1 saturated heterocycles. The second-order valence-corrected chi connectivity index (χ2v) is 8.29. The van der Waals surface area contributed by atoms with Gasteiger partial charge in [0.2, 0.25) is 0 Å². The van der Waals surface area contributed by atoms with Gasteiger partial charge in [-0.3, -0.25) is 4.99 Å². The van der Waals surface area contributed by atoms with Gasteiger partial charge in [-0.2, -0.15) is 11.8 Å². The Kier molecular flexibility index (Phi) is 5.62. The summed E-state index contributed by atoms with van der Waals surface area (Å²) in [5.74, 6) is 2.16. The molecule has 0 amide bonds. The number of rotatable bonds is 3. The van der Waals surface area contributed by atoms with Crippen molar-refractivity contribution in [2.45, 2.75) is 25.1 Å². The molecule has 1 N–H and O–H groups in total. The lowest BCUT2D eigenvalue weighted by Gasteiger charge is -2.39. The van der Waals surface area contributed by atoms with Crippen LogP contribution in [0.25, 0.3) is 0 Å². The maximum absolute atomic E-state index is 4.45. The zero-order chi connectivity index (χ0) is 16.2. The number of thioether (sulfide) groups is 1. The minimum absolute atomic E-state index is 0.295. The van der Waals surface area contributed by atoms with Crippen LogP contribution in [-0.2, 0) is 6.54 Å². The molecule has 4 nitrogen and oxygen atoms in total. The van der Waals surface area contributed by atoms with Gasteiger partial charge in [0.1, 0.15) is 0 Å². The van der Waals surface area contributed by atoms with Gasteiger partial charge in [-0.05, 0) is 31.5 Å². The molecule has 1 fully saturated rings. The fourth-order valence-corrected chi connectivity index (χ4v) is 3.73. The normalized spacial score (nSPS) is 18.2. The standard InChI is InChI=1S/C17H28N4S/c1-17(2)13-21(10-11-22-17)16(18-3)19-12-14-6-8-15(9-7-14)20(4)5/h6-9H,10-13H2,1-5H3,(H,18,19). The molecule has 0 spiro atoms. The van der Waals surface area contributed by atoms with E-state index in [1.54, 1.807) is 0 Å². The van der Waals surface area contributed by atoms with E-state index in [2.05, 4.69) is 72.3 Å². The maximum atomic E-state index is 4.45. The monoisotopic (exact) mass is 320 g/mol. The van der Waals surface area contributed by atoms with E-state index in [0.717, 1.165) is 31.3 Å². The molecule has 0 unspecified atom stereocenters. The van der Waals surface area contributed by atoms with Crippen molar-refractivity contribution in [1.29, 1.82) is 0 Å². The predicted octanol–water partition coefficient (Wildman–Crippen LogP) is 2.66. The van der Waals surface area contributed by atoms with Crippen molar-refractivity contribution in [2.24, 2.45) is 4.99 Å². The highest BCUT2D eigenvalue weighted by molar-refractivity contribution is 8.00. The third-order valence-electron chi connectivity index (χ3n) is 3.84. The molecule has 1 heterocycles. The van der Waals surface area contributed by atoms with Crippen LogP contribution in [0.3, 0.4) is 0 Å². The number of guanidine groups is 1. The number of benzene rings is 1. The maximum Gasteiger partial charge on any atom is 0.193 e. The molecule has 0 aromatic heterocycles. The Morgan fingerprint density at radius 3 is 2.55 bits per heavy atom. The van der Waals surface area contributed by atoms with Crippen molar-refractivity contribution in [2.75, 3.05) is 44.9 Å². The molecule has 22 heavy (non-hydrogen) atoms. The first-order chi connectivity index (χ1) is 10.4. The molecule has 1 aromatic rings. The van der Waals surface area contributed by atoms with Crippen molar-refractivity contribution in [1.82, 2.24) is 10.2 Å². The van der Waals surface area contributed by atoms with Crippen LogP contribution in [0.1, 0.15) is 19.4 Å². The summed E-state index contributed by atoms with van der Waals surface area (Å²) in [5, 5.41) is 3.49. The van der Waals surface area contributed by atoms with Crippen LogP contribution in [-0.4, -0.2) is 55.6 Å². The van der Waals surface area contributed by atoms with E-state index in [1.165, 1.54) is 11.3 Å². The molecule has 2 rings (SSSR count). The van der Waals surface area contributed by atoms with Gasteiger partial charge in [-0.25, -0.2) is 0 Å². The van der Waals surface area contributed by atoms with Crippen molar-refractivity contribution < 1.29 is 0 Å². The number of nitrogens with one attached hydrogen (secondary N) is 1. The number of hydrogen-bond donors (Lipinski definition) is 1. The van der Waals surface area contributed by atoms with Crippen molar-refractivity contribution >= 4 is 23.4 Å². The first kappa shape index (κ1) is 17.0. The molecule has 1 aliphatic heterocycles. The summed E-state index contributed by atoms with van der Waals surface area (Å²) < 4.78 is 0.295. The number of nitrogens with zero attached hydrogens (tertiary/aromatic N) is 3. The lowest BCUT2D eigenvalue weighted by molar-refractivity contribution is 0.376. The summed E-state index contributed by atoms with van der Waals surface area (Å²) in [4.78, 5) is 8.93. The van der Waals surface area contributed by atoms with Crippen LogP contribution < -0.4 is 10.2 Å². The van der Waals surface area contributed by atoms with E-state index < -0.39 is 0 Å². The molecule has 122 valence electrons. The Balaban J connectivity index is 1.94. The highest BCUT2D eigenvalue weighted by Crippen LogP contribution is 2.29. The first-order valence-electron chi connectivity index (χ1n) is 7.77. The Labute approximate surface area is 139 Å². The van der Waals surface area contributed by atoms with Crippen LogP contribution in [0.2, 0.25) is 0 Å². The van der Waals surface area contributed by atoms with Crippen LogP contribution in [0, 0.1) is 0 Å². The van der Waals surface area contributed by atoms with Gasteiger partial charge in [0.05, 0.1) is 0 Å². The molecule has 1 aliphatic rings. The zero-order valence-electron chi connectivity index (χ0n) is 14.4. The zero-order valence-corrected chi connectivity index (χ0v) is 15.2. The molecule has 0 atom stereocenters. The third kappa shape index (κ3) is 4.57. The van der Waals surface area contributed by atoms with Crippen LogP contribution in [0.15, 0.2) is 29.3 Å². The second kappa shape index (κ2) is 7.27. The summed E-state index contributed by atoms with van der Waals surface area (Å²) in [7, 11) is 5.99. The second-order valence-electron chi connectivity index (χ2n) is 6.49. The van der Waals surface area contributed by atoms with Crippen LogP contribution in [0.4, 0.5) is 5.69 Å². The lowest BCUT2D eigenvalue weighted by atomic mass is 10.2. The van der Waals surface area contributed by atoms with E-state index in [1.807, 2.05) is 18.8 Å². The molecule has 0 radical (unpaired) electrons. The van der Waals surface area contributed by atoms with E-state index in [9.17, 15) is 0 Å². The van der Waals surface area contributed by atoms with Gasteiger partial charge in [0, 0.05) is 57.0 Å². The molecule has 0 saturated carbocycles. The summed E-state index contributed by atoms with van der Waals surface area (Å²) in [5.41, 5.74) is 2.50. The van der Waals surface area contributed by atoms with Gasteiger partial charge in [0.25, 0.3) is 0 Å². The molecular formula is C17H28N4S. The van der Waals surface area contributed by atoms with E-state index >= 15 is 0 Å². The van der Waals surface area contributed by atoms with Crippen LogP contribution >= 0.6 is 11.8 Å². The summed E-state index contributed by atoms with van der Waals surface area (Å²) in [6.45, 7) is 7.52. The number of hydrogen-bond acceptors (Lipinski definition) is 3. The fraction of sp³-hybridized carbons (Fsp3) is 0.588. The van der Waals surface area contributed by atoms with Crippen molar-refractivity contribution in [3.05, 3.63) is 29.8 Å². The van der Waals surface area contributed by atoms with Gasteiger partial charge in [-0.15, -0.1) is 0 Å². The summed E-state index contributed by atoms with van der Waals surface area (Å²) in [6.07, 6.45) is 0. The predicted molar refractivity (Wildman–Crippen MR) is 99.1 cm³/mol. The number of aliphatic imine (C=N–C) groups is 1. The Hall–Kier alpha value is -1.36. The Morgan fingerprint density at radius 1 is 1.32 bits per heavy atom. The van der Waals surface area contributed by atoms with Gasteiger partial charge < -0.3 is 15.1 Å². The molecule has 0 bridgehead atoms. The quantitative estimate of drug-likeness (QED) is 0.685. The number of anilines is 1. The molecule has 5 heteroatoms. The highest BCUT2D eigenvalue weighted by atomic mass is 32.2. The van der Waals surface area contributed by atoms with Gasteiger partial charge in [0.15, 0.2) is 5.96 Å². The van der Waals surface area contributed by atoms with E-state index in [-0.39, 0.29) is 0 Å². The average molecular weight is 321 g/mol. The van der Waals surface area contributed by atoms with Crippen molar-refractivity contribution in [3.63, 3.8) is 0 Å². The highest BCUT2D eigenvalue weighted by Gasteiger charge is 2.28. The first-order valence-corrected chi connectivity index (χ1v) is 8.76. The minimum atomic E-state index is 0.295. The fourth-order valence-electron chi connectivity index (χ4n) is 2.62. The van der Waals surface area contributed by atoms with Gasteiger partial charge in [-0.1, -0.05) is 12.1 Å². The summed E-state index contributed by atoms with van der Waals surface area (Å²) >= 11 is 2.04.